The van der Waals surface area contributed by atoms with Crippen LogP contribution in [0.5, 0.6) is 0 Å². The van der Waals surface area contributed by atoms with Gasteiger partial charge in [-0.25, -0.2) is 9.59 Å². The molecule has 1 unspecified atom stereocenters. The van der Waals surface area contributed by atoms with E-state index in [2.05, 4.69) is 16.1 Å². The zero-order valence-electron chi connectivity index (χ0n) is 17.3. The van der Waals surface area contributed by atoms with Crippen molar-refractivity contribution in [1.82, 2.24) is 26.0 Å². The molecule has 1 saturated carbocycles. The Hall–Kier alpha value is -3.43. The lowest BCUT2D eigenvalue weighted by molar-refractivity contribution is -0.141. The number of carbonyl (C=O) groups excluding carboxylic acids is 5. The lowest BCUT2D eigenvalue weighted by atomic mass is 9.82. The Balaban J connectivity index is 1.46. The molecule has 7 amide bonds. The first-order valence-corrected chi connectivity index (χ1v) is 10.5. The topological polar surface area (TPSA) is 128 Å². The summed E-state index contributed by atoms with van der Waals surface area (Å²) in [6.45, 7) is 1.16. The van der Waals surface area contributed by atoms with E-state index >= 15 is 0 Å². The predicted octanol–water partition coefficient (Wildman–Crippen LogP) is 1.13. The summed E-state index contributed by atoms with van der Waals surface area (Å²) in [5.74, 6) is -1.86. The number of benzene rings is 1. The molecule has 2 saturated heterocycles. The molecule has 3 fully saturated rings. The van der Waals surface area contributed by atoms with Gasteiger partial charge in [0.15, 0.2) is 0 Å². The normalized spacial score (nSPS) is 25.1. The summed E-state index contributed by atoms with van der Waals surface area (Å²) in [4.78, 5) is 64.1. The number of rotatable bonds is 5. The van der Waals surface area contributed by atoms with Gasteiger partial charge >= 0.3 is 12.1 Å². The Bertz CT molecular complexity index is 943. The summed E-state index contributed by atoms with van der Waals surface area (Å²) in [5, 5.41) is 6.05. The highest BCUT2D eigenvalue weighted by Crippen LogP contribution is 2.34. The number of nitrogens with zero attached hydrogens (tertiary/aromatic N) is 2. The Labute approximate surface area is 179 Å². The van der Waals surface area contributed by atoms with Gasteiger partial charge in [0, 0.05) is 0 Å². The second-order valence-electron chi connectivity index (χ2n) is 8.19. The van der Waals surface area contributed by atoms with Crippen LogP contribution in [0.25, 0.3) is 0 Å². The minimum atomic E-state index is -1.26. The summed E-state index contributed by atoms with van der Waals surface area (Å²) >= 11 is 0. The first kappa shape index (κ1) is 20.8. The zero-order valence-corrected chi connectivity index (χ0v) is 17.3. The van der Waals surface area contributed by atoms with Crippen LogP contribution in [-0.4, -0.2) is 51.8 Å². The summed E-state index contributed by atoms with van der Waals surface area (Å²) in [6, 6.07) is 7.40. The van der Waals surface area contributed by atoms with E-state index < -0.39 is 47.4 Å². The second kappa shape index (κ2) is 7.68. The fraction of sp³-hybridized carbons (Fsp3) is 0.476. The molecule has 4 rings (SSSR count). The summed E-state index contributed by atoms with van der Waals surface area (Å²) in [5.41, 5.74) is 0.643. The van der Waals surface area contributed by atoms with Gasteiger partial charge in [-0.1, -0.05) is 56.5 Å². The standard InChI is InChI=1S/C21H25N5O5/c1-2-21(14-9-5-3-6-10-14)17(29)25(18(30)23-21)13-15(27)24-26-16(28)20(22-19(26)31)11-7-4-8-12-20/h3,5-6,9-10H,2,4,7-8,11-13H2,1H3,(H,22,31)(H,23,30)(H,24,27). The molecule has 0 radical (unpaired) electrons. The van der Waals surface area contributed by atoms with Gasteiger partial charge in [0.2, 0.25) is 0 Å². The lowest BCUT2D eigenvalue weighted by Gasteiger charge is -2.30. The number of hydrogen-bond acceptors (Lipinski definition) is 5. The van der Waals surface area contributed by atoms with Gasteiger partial charge < -0.3 is 10.6 Å². The molecule has 10 nitrogen and oxygen atoms in total. The highest BCUT2D eigenvalue weighted by Gasteiger charge is 2.54. The Kier molecular flexibility index (Phi) is 5.16. The molecule has 1 spiro atoms. The van der Waals surface area contributed by atoms with Crippen molar-refractivity contribution in [1.29, 1.82) is 0 Å². The van der Waals surface area contributed by atoms with Crippen LogP contribution in [0.4, 0.5) is 9.59 Å². The van der Waals surface area contributed by atoms with Gasteiger partial charge in [-0.2, -0.15) is 5.01 Å². The maximum atomic E-state index is 13.1. The fourth-order valence-electron chi connectivity index (χ4n) is 4.65. The van der Waals surface area contributed by atoms with Crippen molar-refractivity contribution >= 4 is 29.8 Å². The number of nitrogens with one attached hydrogen (secondary N) is 3. The van der Waals surface area contributed by atoms with Crippen LogP contribution >= 0.6 is 0 Å². The molecule has 0 bridgehead atoms. The minimum absolute atomic E-state index is 0.301. The van der Waals surface area contributed by atoms with Gasteiger partial charge in [-0.3, -0.25) is 24.7 Å². The molecule has 3 N–H and O–H groups in total. The summed E-state index contributed by atoms with van der Waals surface area (Å²) < 4.78 is 0. The molecule has 1 aliphatic carbocycles. The smallest absolute Gasteiger partial charge is 0.322 e. The second-order valence-corrected chi connectivity index (χ2v) is 8.19. The van der Waals surface area contributed by atoms with Crippen molar-refractivity contribution in [3.63, 3.8) is 0 Å². The number of hydrogen-bond donors (Lipinski definition) is 3. The number of amides is 7. The Morgan fingerprint density at radius 3 is 2.29 bits per heavy atom. The number of urea groups is 2. The molecule has 3 aliphatic rings. The van der Waals surface area contributed by atoms with Crippen LogP contribution in [0.15, 0.2) is 30.3 Å². The van der Waals surface area contributed by atoms with Crippen molar-refractivity contribution in [3.8, 4) is 0 Å². The van der Waals surface area contributed by atoms with Crippen LogP contribution < -0.4 is 16.1 Å². The highest BCUT2D eigenvalue weighted by molar-refractivity contribution is 6.11. The number of imide groups is 2. The average molecular weight is 427 g/mol. The molecule has 164 valence electrons. The van der Waals surface area contributed by atoms with Gasteiger partial charge in [0.05, 0.1) is 0 Å². The number of carbonyl (C=O) groups is 5. The summed E-state index contributed by atoms with van der Waals surface area (Å²) in [6.07, 6.45) is 3.96. The van der Waals surface area contributed by atoms with E-state index in [0.717, 1.165) is 24.2 Å². The van der Waals surface area contributed by atoms with E-state index in [1.807, 2.05) is 0 Å². The van der Waals surface area contributed by atoms with E-state index in [1.54, 1.807) is 37.3 Å². The van der Waals surface area contributed by atoms with E-state index in [4.69, 9.17) is 0 Å². The van der Waals surface area contributed by atoms with E-state index in [0.29, 0.717) is 29.8 Å². The van der Waals surface area contributed by atoms with Crippen molar-refractivity contribution < 1.29 is 24.0 Å². The quantitative estimate of drug-likeness (QED) is 0.607. The maximum absolute atomic E-state index is 13.1. The van der Waals surface area contributed by atoms with Gasteiger partial charge in [0.25, 0.3) is 17.7 Å². The average Bonchev–Trinajstić information content (AvgIpc) is 3.15. The maximum Gasteiger partial charge on any atom is 0.344 e. The third-order valence-corrected chi connectivity index (χ3v) is 6.38. The van der Waals surface area contributed by atoms with Crippen LogP contribution in [0, 0.1) is 0 Å². The predicted molar refractivity (Wildman–Crippen MR) is 108 cm³/mol. The lowest BCUT2D eigenvalue weighted by Crippen LogP contribution is -2.53. The minimum Gasteiger partial charge on any atom is -0.322 e. The Morgan fingerprint density at radius 2 is 1.65 bits per heavy atom. The Morgan fingerprint density at radius 1 is 0.968 bits per heavy atom. The molecule has 31 heavy (non-hydrogen) atoms. The van der Waals surface area contributed by atoms with E-state index in [-0.39, 0.29) is 0 Å². The molecule has 0 aromatic heterocycles. The van der Waals surface area contributed by atoms with Gasteiger partial charge in [0.1, 0.15) is 17.6 Å². The first-order valence-electron chi connectivity index (χ1n) is 10.5. The molecular formula is C21H25N5O5. The van der Waals surface area contributed by atoms with Gasteiger partial charge in [-0.15, -0.1) is 0 Å². The van der Waals surface area contributed by atoms with Crippen molar-refractivity contribution in [2.75, 3.05) is 6.54 Å². The van der Waals surface area contributed by atoms with Crippen LogP contribution in [0.3, 0.4) is 0 Å². The fourth-order valence-corrected chi connectivity index (χ4v) is 4.65. The SMILES string of the molecule is CCC1(c2ccccc2)NC(=O)N(CC(=O)NN2C(=O)NC3(CCCCC3)C2=O)C1=O. The summed E-state index contributed by atoms with van der Waals surface area (Å²) in [7, 11) is 0. The molecule has 1 aromatic carbocycles. The molecule has 10 heteroatoms. The third kappa shape index (κ3) is 3.31. The number of hydrazine groups is 1. The molecule has 1 aromatic rings. The van der Waals surface area contributed by atoms with Crippen molar-refractivity contribution in [2.24, 2.45) is 0 Å². The zero-order chi connectivity index (χ0) is 22.2. The molecule has 1 atom stereocenters. The van der Waals surface area contributed by atoms with Crippen LogP contribution in [-0.2, 0) is 19.9 Å². The molecule has 2 aliphatic heterocycles. The molecule has 2 heterocycles. The third-order valence-electron chi connectivity index (χ3n) is 6.38. The van der Waals surface area contributed by atoms with Crippen molar-refractivity contribution in [3.05, 3.63) is 35.9 Å². The first-order chi connectivity index (χ1) is 14.8. The molecular weight excluding hydrogens is 402 g/mol. The van der Waals surface area contributed by atoms with E-state index in [9.17, 15) is 24.0 Å². The van der Waals surface area contributed by atoms with Crippen LogP contribution in [0.2, 0.25) is 0 Å². The monoisotopic (exact) mass is 427 g/mol. The van der Waals surface area contributed by atoms with Crippen molar-refractivity contribution in [2.45, 2.75) is 56.5 Å². The highest BCUT2D eigenvalue weighted by atomic mass is 16.2. The van der Waals surface area contributed by atoms with Crippen LogP contribution in [0.1, 0.15) is 51.0 Å². The van der Waals surface area contributed by atoms with E-state index in [1.165, 1.54) is 0 Å². The van der Waals surface area contributed by atoms with Gasteiger partial charge in [-0.05, 0) is 24.8 Å². The largest absolute Gasteiger partial charge is 0.344 e.